The van der Waals surface area contributed by atoms with Crippen LogP contribution in [0.2, 0.25) is 0 Å². The van der Waals surface area contributed by atoms with Gasteiger partial charge in [0.25, 0.3) is 0 Å². The molecule has 0 unspecified atom stereocenters. The third kappa shape index (κ3) is 24.1. The predicted octanol–water partition coefficient (Wildman–Crippen LogP) is 33.3. The van der Waals surface area contributed by atoms with Crippen molar-refractivity contribution in [1.82, 2.24) is 4.98 Å². The number of benzene rings is 9. The summed E-state index contributed by atoms with van der Waals surface area (Å²) in [7, 11) is 0. The predicted molar refractivity (Wildman–Crippen MR) is 501 cm³/mol. The van der Waals surface area contributed by atoms with Gasteiger partial charge in [0.1, 0.15) is 0 Å². The fourth-order valence-corrected chi connectivity index (χ4v) is 16.9. The minimum absolute atomic E-state index is 0.0857. The lowest BCUT2D eigenvalue weighted by molar-refractivity contribution is 0.469. The van der Waals surface area contributed by atoms with E-state index in [1.165, 1.54) is 126 Å². The molecule has 0 saturated heterocycles. The van der Waals surface area contributed by atoms with Crippen molar-refractivity contribution < 1.29 is 0 Å². The Morgan fingerprint density at radius 2 is 0.622 bits per heavy atom. The number of pyridine rings is 1. The monoisotopic (exact) mass is 1510 g/mol. The molecule has 0 bridgehead atoms. The van der Waals surface area contributed by atoms with Crippen LogP contribution in [0.3, 0.4) is 0 Å². The van der Waals surface area contributed by atoms with Gasteiger partial charge in [0, 0.05) is 42.9 Å². The zero-order valence-electron chi connectivity index (χ0n) is 77.5. The summed E-state index contributed by atoms with van der Waals surface area (Å²) in [5, 5.41) is 5.55. The zero-order chi connectivity index (χ0) is 84.2. The van der Waals surface area contributed by atoms with E-state index in [2.05, 4.69) is 469 Å². The van der Waals surface area contributed by atoms with Crippen LogP contribution in [0.4, 0.5) is 0 Å². The summed E-state index contributed by atoms with van der Waals surface area (Å²) >= 11 is 1.95. The number of hydrogen-bond donors (Lipinski definition) is 0. The van der Waals surface area contributed by atoms with Crippen molar-refractivity contribution in [3.8, 4) is 22.3 Å². The summed E-state index contributed by atoms with van der Waals surface area (Å²) in [6, 6.07) is 72.7. The van der Waals surface area contributed by atoms with E-state index in [0.29, 0.717) is 5.41 Å². The van der Waals surface area contributed by atoms with Gasteiger partial charge in [-0.25, -0.2) is 0 Å². The van der Waals surface area contributed by atoms with Gasteiger partial charge in [0.2, 0.25) is 0 Å². The van der Waals surface area contributed by atoms with E-state index in [4.69, 9.17) is 0 Å². The van der Waals surface area contributed by atoms with Crippen molar-refractivity contribution in [3.63, 3.8) is 0 Å². The molecule has 0 N–H and O–H groups in total. The number of aromatic nitrogens is 1. The van der Waals surface area contributed by atoms with Gasteiger partial charge in [0.05, 0.1) is 0 Å². The number of thiophene rings is 1. The van der Waals surface area contributed by atoms with Crippen LogP contribution >= 0.6 is 11.3 Å². The Kier molecular flexibility index (Phi) is 28.6. The van der Waals surface area contributed by atoms with Gasteiger partial charge in [-0.05, 0) is 171 Å². The summed E-state index contributed by atoms with van der Waals surface area (Å²) in [5.41, 5.74) is 26.9. The molecular formula is C109H151NS. The summed E-state index contributed by atoms with van der Waals surface area (Å²) in [5.74, 6) is 0. The highest BCUT2D eigenvalue weighted by molar-refractivity contribution is 7.26. The molecule has 2 heterocycles. The molecule has 11 aromatic rings. The number of nitrogens with zero attached hydrogens (tertiary/aromatic N) is 1. The average molecular weight is 1510 g/mol. The first-order valence-electron chi connectivity index (χ1n) is 41.4. The number of rotatable bonds is 1. The number of hydrogen-bond acceptors (Lipinski definition) is 2. The molecular weight excluding hydrogens is 1360 g/mol. The van der Waals surface area contributed by atoms with E-state index in [0.717, 1.165) is 0 Å². The van der Waals surface area contributed by atoms with Gasteiger partial charge < -0.3 is 0 Å². The smallest absolute Gasteiger partial charge is 0.0494 e. The highest BCUT2D eigenvalue weighted by Gasteiger charge is 2.41. The standard InChI is InChI=1S/C23H30.C20H24S.C18H24.C16H18.C14H22.C13H21N.C5H12/c1-21(2,3)18-14-13-17-19(20(18)22(4,5)6)15-11-9-10-12-16(15)23(17,7)8;1-19(2,3)15-12-11-14-13-9-7-8-10-16(13)21-18(14)17(15)20(4,5)6;1-17(2,3)15-12-11-13-9-7-8-10-14(13)16(15)18(4,5)6;1-16(2,3)15-12-8-7-11-14(15)13-9-5-4-6-10-13;1-13(2,3)11-9-7-8-10-12(11)14(4,5)6;1-12(2,3)10-8-7-9-14-11(10)13(4,5)6;1-5(2,3)4/h9-14H,1-8H3;7-12H,1-6H3;7-12H,1-6H3;4-12H,1-3H3;7-10H,1-6H3;7-9H,1-6H3;1-4H3. The minimum atomic E-state index is 0.0857. The summed E-state index contributed by atoms with van der Waals surface area (Å²) in [6.45, 7) is 89.1. The molecule has 111 heavy (non-hydrogen) atoms. The van der Waals surface area contributed by atoms with Crippen LogP contribution in [0.1, 0.15) is 342 Å². The van der Waals surface area contributed by atoms with Crippen molar-refractivity contribution in [3.05, 3.63) is 279 Å². The average Bonchev–Trinajstić information content (AvgIpc) is 1.56. The van der Waals surface area contributed by atoms with Gasteiger partial charge in [-0.15, -0.1) is 11.3 Å². The maximum absolute atomic E-state index is 4.52. The van der Waals surface area contributed by atoms with Crippen LogP contribution in [0.25, 0.3) is 53.2 Å². The molecule has 2 aromatic heterocycles. The van der Waals surface area contributed by atoms with E-state index < -0.39 is 0 Å². The summed E-state index contributed by atoms with van der Waals surface area (Å²) < 4.78 is 2.86. The molecule has 1 nitrogen and oxygen atoms in total. The fraction of sp³-hybridized carbons (Fsp3) is 0.477. The van der Waals surface area contributed by atoms with Crippen LogP contribution in [0.15, 0.2) is 206 Å². The molecule has 0 amide bonds. The van der Waals surface area contributed by atoms with Gasteiger partial charge >= 0.3 is 0 Å². The SMILES string of the molecule is CC(C)(C)C.CC(C)(C)c1ccc2c(c1C(C)(C)C)-c1ccccc1C2(C)C.CC(C)(C)c1ccc2c(sc3ccccc32)c1C(C)(C)C.CC(C)(C)c1ccc2ccccc2c1C(C)(C)C.CC(C)(C)c1ccccc1-c1ccccc1.CC(C)(C)c1ccccc1C(C)(C)C.CC(C)(C)c1cccnc1C(C)(C)C. The first-order chi connectivity index (χ1) is 50.4. The van der Waals surface area contributed by atoms with Crippen LogP contribution in [-0.2, 0) is 65.0 Å². The van der Waals surface area contributed by atoms with Crippen molar-refractivity contribution in [2.45, 2.75) is 335 Å². The van der Waals surface area contributed by atoms with Crippen LogP contribution < -0.4 is 0 Å². The highest BCUT2D eigenvalue weighted by atomic mass is 32.1. The first-order valence-corrected chi connectivity index (χ1v) is 42.2. The summed E-state index contributed by atoms with van der Waals surface area (Å²) in [6.07, 6.45) is 1.88. The van der Waals surface area contributed by atoms with Crippen LogP contribution in [0, 0.1) is 5.41 Å². The maximum atomic E-state index is 4.52. The highest BCUT2D eigenvalue weighted by Crippen LogP contribution is 2.54. The largest absolute Gasteiger partial charge is 0.260 e. The van der Waals surface area contributed by atoms with Crippen molar-refractivity contribution in [2.75, 3.05) is 0 Å². The third-order valence-electron chi connectivity index (χ3n) is 20.6. The van der Waals surface area contributed by atoms with Gasteiger partial charge in [-0.1, -0.05) is 458 Å². The van der Waals surface area contributed by atoms with Crippen molar-refractivity contribution >= 4 is 42.3 Å². The third-order valence-corrected chi connectivity index (χ3v) is 21.8. The Labute approximate surface area is 684 Å². The Bertz CT molecular complexity index is 4730. The Balaban J connectivity index is 0.000000207. The van der Waals surface area contributed by atoms with E-state index in [1.807, 2.05) is 23.6 Å². The van der Waals surface area contributed by atoms with Crippen molar-refractivity contribution in [1.29, 1.82) is 0 Å². The summed E-state index contributed by atoms with van der Waals surface area (Å²) in [4.78, 5) is 4.52. The molecule has 12 rings (SSSR count). The molecule has 0 saturated carbocycles. The molecule has 9 aromatic carbocycles. The van der Waals surface area contributed by atoms with E-state index in [9.17, 15) is 0 Å². The Hall–Kier alpha value is -7.39. The lowest BCUT2D eigenvalue weighted by Gasteiger charge is -2.33. The van der Waals surface area contributed by atoms with Gasteiger partial charge in [0.15, 0.2) is 0 Å². The molecule has 1 aliphatic rings. The number of fused-ring (bicyclic) bond motifs is 7. The lowest BCUT2D eigenvalue weighted by Crippen LogP contribution is -2.24. The van der Waals surface area contributed by atoms with Crippen molar-refractivity contribution in [2.24, 2.45) is 5.41 Å². The second-order valence-electron chi connectivity index (χ2n) is 44.9. The fourth-order valence-electron chi connectivity index (χ4n) is 15.5. The second kappa shape index (κ2) is 34.4. The maximum Gasteiger partial charge on any atom is 0.0494 e. The first kappa shape index (κ1) is 92.5. The van der Waals surface area contributed by atoms with E-state index >= 15 is 0 Å². The molecule has 0 radical (unpaired) electrons. The normalized spacial score (nSPS) is 13.4. The van der Waals surface area contributed by atoms with E-state index in [-0.39, 0.29) is 65.0 Å². The Morgan fingerprint density at radius 3 is 1.08 bits per heavy atom. The van der Waals surface area contributed by atoms with Gasteiger partial charge in [-0.3, -0.25) is 4.98 Å². The van der Waals surface area contributed by atoms with Crippen LogP contribution in [-0.4, -0.2) is 4.98 Å². The lowest BCUT2D eigenvalue weighted by atomic mass is 9.71. The molecule has 598 valence electrons. The second-order valence-corrected chi connectivity index (χ2v) is 45.9. The Morgan fingerprint density at radius 1 is 0.252 bits per heavy atom. The molecule has 1 aliphatic carbocycles. The van der Waals surface area contributed by atoms with Gasteiger partial charge in [-0.2, -0.15) is 0 Å². The molecule has 0 spiro atoms. The van der Waals surface area contributed by atoms with Crippen LogP contribution in [0.5, 0.6) is 0 Å². The zero-order valence-corrected chi connectivity index (χ0v) is 78.3. The quantitative estimate of drug-likeness (QED) is 0.160. The molecule has 2 heteroatoms. The molecule has 0 fully saturated rings. The molecule has 0 aliphatic heterocycles. The van der Waals surface area contributed by atoms with E-state index in [1.54, 1.807) is 0 Å². The minimum Gasteiger partial charge on any atom is -0.260 e. The topological polar surface area (TPSA) is 12.9 Å². The molecule has 0 atom stereocenters.